The first-order valence-corrected chi connectivity index (χ1v) is 9.29. The van der Waals surface area contributed by atoms with Crippen LogP contribution in [0.3, 0.4) is 0 Å². The fourth-order valence-corrected chi connectivity index (χ4v) is 3.33. The Morgan fingerprint density at radius 1 is 1.17 bits per heavy atom. The molecule has 2 rings (SSSR count). The van der Waals surface area contributed by atoms with E-state index in [0.717, 1.165) is 39.1 Å². The summed E-state index contributed by atoms with van der Waals surface area (Å²) < 4.78 is 0. The van der Waals surface area contributed by atoms with Crippen LogP contribution >= 0.6 is 11.3 Å². The third-order valence-corrected chi connectivity index (χ3v) is 4.76. The Morgan fingerprint density at radius 3 is 2.42 bits per heavy atom. The molecule has 2 heterocycles. The van der Waals surface area contributed by atoms with E-state index >= 15 is 0 Å². The molecule has 0 radical (unpaired) electrons. The molecule has 2 N–H and O–H groups in total. The van der Waals surface area contributed by atoms with Crippen LogP contribution in [-0.2, 0) is 11.2 Å². The average molecular weight is 353 g/mol. The summed E-state index contributed by atoms with van der Waals surface area (Å²) in [7, 11) is 0. The van der Waals surface area contributed by atoms with E-state index in [1.165, 1.54) is 4.88 Å². The van der Waals surface area contributed by atoms with Gasteiger partial charge in [-0.1, -0.05) is 6.07 Å². The number of urea groups is 1. The Labute approximate surface area is 148 Å². The van der Waals surface area contributed by atoms with Crippen molar-refractivity contribution in [3.8, 4) is 0 Å². The van der Waals surface area contributed by atoms with Crippen LogP contribution < -0.4 is 10.6 Å². The van der Waals surface area contributed by atoms with Crippen molar-refractivity contribution in [2.75, 3.05) is 39.3 Å². The second kappa shape index (κ2) is 8.60. The van der Waals surface area contributed by atoms with E-state index in [-0.39, 0.29) is 18.0 Å². The van der Waals surface area contributed by atoms with Crippen LogP contribution in [-0.4, -0.2) is 66.5 Å². The molecule has 1 aromatic heterocycles. The summed E-state index contributed by atoms with van der Waals surface area (Å²) in [5.41, 5.74) is -0.349. The summed E-state index contributed by atoms with van der Waals surface area (Å²) in [6.45, 7) is 10.6. The van der Waals surface area contributed by atoms with Gasteiger partial charge in [-0.15, -0.1) is 11.3 Å². The third kappa shape index (κ3) is 6.98. The molecule has 3 amide bonds. The van der Waals surface area contributed by atoms with Gasteiger partial charge in [0, 0.05) is 43.1 Å². The number of hydrogen-bond donors (Lipinski definition) is 2. The van der Waals surface area contributed by atoms with Gasteiger partial charge in [-0.2, -0.15) is 0 Å². The largest absolute Gasteiger partial charge is 0.333 e. The predicted octanol–water partition coefficient (Wildman–Crippen LogP) is 1.53. The fourth-order valence-electron chi connectivity index (χ4n) is 2.64. The summed E-state index contributed by atoms with van der Waals surface area (Å²) in [5, 5.41) is 7.24. The highest BCUT2D eigenvalue weighted by atomic mass is 32.1. The van der Waals surface area contributed by atoms with Crippen molar-refractivity contribution in [1.82, 2.24) is 20.4 Å². The van der Waals surface area contributed by atoms with Gasteiger partial charge in [0.15, 0.2) is 0 Å². The monoisotopic (exact) mass is 352 g/mol. The van der Waals surface area contributed by atoms with E-state index in [1.54, 1.807) is 11.3 Å². The van der Waals surface area contributed by atoms with E-state index in [0.29, 0.717) is 0 Å². The van der Waals surface area contributed by atoms with Crippen molar-refractivity contribution >= 4 is 23.3 Å². The summed E-state index contributed by atoms with van der Waals surface area (Å²) >= 11 is 1.80. The topological polar surface area (TPSA) is 64.7 Å². The lowest BCUT2D eigenvalue weighted by molar-refractivity contribution is -0.121. The van der Waals surface area contributed by atoms with Gasteiger partial charge in [-0.05, 0) is 38.6 Å². The lowest BCUT2D eigenvalue weighted by Crippen LogP contribution is -2.53. The second-order valence-electron chi connectivity index (χ2n) is 7.20. The van der Waals surface area contributed by atoms with E-state index in [1.807, 2.05) is 20.8 Å². The molecule has 0 spiro atoms. The molecule has 1 aromatic rings. The molecular formula is C17H28N4O2S. The zero-order chi connectivity index (χ0) is 17.6. The Hall–Kier alpha value is -1.44. The van der Waals surface area contributed by atoms with Gasteiger partial charge in [0.25, 0.3) is 0 Å². The third-order valence-electron chi connectivity index (χ3n) is 3.83. The van der Waals surface area contributed by atoms with Crippen LogP contribution in [0.2, 0.25) is 0 Å². The molecule has 1 aliphatic heterocycles. The van der Waals surface area contributed by atoms with Crippen molar-refractivity contribution < 1.29 is 9.59 Å². The number of amides is 3. The average Bonchev–Trinajstić information content (AvgIpc) is 2.97. The second-order valence-corrected chi connectivity index (χ2v) is 8.23. The molecule has 0 saturated carbocycles. The zero-order valence-electron chi connectivity index (χ0n) is 14.8. The molecule has 24 heavy (non-hydrogen) atoms. The number of carbonyl (C=O) groups is 2. The van der Waals surface area contributed by atoms with Crippen molar-refractivity contribution in [2.24, 2.45) is 0 Å². The lowest BCUT2D eigenvalue weighted by Gasteiger charge is -2.34. The lowest BCUT2D eigenvalue weighted by atomic mass is 10.1. The highest BCUT2D eigenvalue weighted by Crippen LogP contribution is 2.10. The Kier molecular flexibility index (Phi) is 6.77. The minimum atomic E-state index is -0.429. The number of thiophene rings is 1. The van der Waals surface area contributed by atoms with Crippen molar-refractivity contribution in [2.45, 2.75) is 32.7 Å². The van der Waals surface area contributed by atoms with Crippen LogP contribution in [0.1, 0.15) is 25.6 Å². The molecule has 0 aliphatic carbocycles. The van der Waals surface area contributed by atoms with E-state index < -0.39 is 6.03 Å². The normalized spacial score (nSPS) is 16.8. The Balaban J connectivity index is 1.63. The van der Waals surface area contributed by atoms with Crippen LogP contribution in [0, 0.1) is 0 Å². The van der Waals surface area contributed by atoms with Crippen molar-refractivity contribution in [3.63, 3.8) is 0 Å². The van der Waals surface area contributed by atoms with Gasteiger partial charge in [-0.25, -0.2) is 4.79 Å². The van der Waals surface area contributed by atoms with E-state index in [4.69, 9.17) is 0 Å². The quantitative estimate of drug-likeness (QED) is 0.844. The highest BCUT2D eigenvalue weighted by Gasteiger charge is 2.21. The molecule has 6 nitrogen and oxygen atoms in total. The molecule has 7 heteroatoms. The first kappa shape index (κ1) is 18.9. The summed E-state index contributed by atoms with van der Waals surface area (Å²) in [6.07, 6.45) is 1.09. The molecule has 1 saturated heterocycles. The SMILES string of the molecule is CC(C)(C)NC(=O)NC(=O)CN1CCN(CCc2cccs2)CC1. The first-order valence-electron chi connectivity index (χ1n) is 8.41. The predicted molar refractivity (Wildman–Crippen MR) is 97.3 cm³/mol. The number of carbonyl (C=O) groups excluding carboxylic acids is 2. The Bertz CT molecular complexity index is 531. The maximum Gasteiger partial charge on any atom is 0.321 e. The van der Waals surface area contributed by atoms with Gasteiger partial charge in [0.05, 0.1) is 6.54 Å². The minimum absolute atomic E-state index is 0.246. The molecule has 0 bridgehead atoms. The molecular weight excluding hydrogens is 324 g/mol. The fraction of sp³-hybridized carbons (Fsp3) is 0.647. The standard InChI is InChI=1S/C17H28N4O2S/c1-17(2,3)19-16(23)18-15(22)13-21-10-8-20(9-11-21)7-6-14-5-4-12-24-14/h4-5,12H,6-11,13H2,1-3H3,(H2,18,19,22,23). The Morgan fingerprint density at radius 2 is 1.83 bits per heavy atom. The summed E-state index contributed by atoms with van der Waals surface area (Å²) in [6, 6.07) is 3.84. The molecule has 1 fully saturated rings. The van der Waals surface area contributed by atoms with Gasteiger partial charge in [0.1, 0.15) is 0 Å². The maximum absolute atomic E-state index is 11.9. The molecule has 0 aromatic carbocycles. The van der Waals surface area contributed by atoms with Crippen LogP contribution in [0.25, 0.3) is 0 Å². The van der Waals surface area contributed by atoms with Gasteiger partial charge >= 0.3 is 6.03 Å². The van der Waals surface area contributed by atoms with Crippen LogP contribution in [0.5, 0.6) is 0 Å². The van der Waals surface area contributed by atoms with Crippen molar-refractivity contribution in [3.05, 3.63) is 22.4 Å². The molecule has 134 valence electrons. The number of nitrogens with zero attached hydrogens (tertiary/aromatic N) is 2. The van der Waals surface area contributed by atoms with Gasteiger partial charge in [-0.3, -0.25) is 15.0 Å². The minimum Gasteiger partial charge on any atom is -0.333 e. The number of piperazine rings is 1. The summed E-state index contributed by atoms with van der Waals surface area (Å²) in [4.78, 5) is 29.6. The van der Waals surface area contributed by atoms with Crippen LogP contribution in [0.4, 0.5) is 4.79 Å². The molecule has 1 aliphatic rings. The van der Waals surface area contributed by atoms with E-state index in [2.05, 4.69) is 37.9 Å². The number of imide groups is 1. The molecule has 0 atom stereocenters. The molecule has 0 unspecified atom stereocenters. The maximum atomic E-state index is 11.9. The number of nitrogens with one attached hydrogen (secondary N) is 2. The van der Waals surface area contributed by atoms with Gasteiger partial charge < -0.3 is 10.2 Å². The number of hydrogen-bond acceptors (Lipinski definition) is 5. The summed E-state index contributed by atoms with van der Waals surface area (Å²) in [5.74, 6) is -0.246. The number of rotatable bonds is 5. The first-order chi connectivity index (χ1) is 11.3. The van der Waals surface area contributed by atoms with Crippen LogP contribution in [0.15, 0.2) is 17.5 Å². The zero-order valence-corrected chi connectivity index (χ0v) is 15.6. The van der Waals surface area contributed by atoms with Gasteiger partial charge in [0.2, 0.25) is 5.91 Å². The smallest absolute Gasteiger partial charge is 0.321 e. The van der Waals surface area contributed by atoms with Crippen molar-refractivity contribution in [1.29, 1.82) is 0 Å². The highest BCUT2D eigenvalue weighted by molar-refractivity contribution is 7.09. The van der Waals surface area contributed by atoms with E-state index in [9.17, 15) is 9.59 Å².